The van der Waals surface area contributed by atoms with Crippen molar-refractivity contribution in [2.75, 3.05) is 31.3 Å². The van der Waals surface area contributed by atoms with Gasteiger partial charge in [0, 0.05) is 31.5 Å². The Hall–Kier alpha value is -3.42. The van der Waals surface area contributed by atoms with Crippen LogP contribution in [0.1, 0.15) is 206 Å². The molecule has 1 aliphatic heterocycles. The van der Waals surface area contributed by atoms with Gasteiger partial charge in [-0.2, -0.15) is 0 Å². The Morgan fingerprint density at radius 3 is 1.52 bits per heavy atom. The first-order valence-corrected chi connectivity index (χ1v) is 27.0. The van der Waals surface area contributed by atoms with Crippen LogP contribution in [-0.4, -0.2) is 78.2 Å². The molecule has 0 aromatic heterocycles. The van der Waals surface area contributed by atoms with Gasteiger partial charge >= 0.3 is 25.7 Å². The van der Waals surface area contributed by atoms with E-state index in [1.165, 1.54) is 128 Å². The van der Waals surface area contributed by atoms with E-state index in [0.717, 1.165) is 49.0 Å². The van der Waals surface area contributed by atoms with Crippen LogP contribution in [0.3, 0.4) is 0 Å². The Morgan fingerprint density at radius 2 is 1.06 bits per heavy atom. The van der Waals surface area contributed by atoms with Crippen molar-refractivity contribution in [1.29, 1.82) is 0 Å². The number of aliphatic carboxylic acids is 1. The van der Waals surface area contributed by atoms with Crippen LogP contribution < -0.4 is 10.2 Å². The largest absolute Gasteiger partial charge is 0.480 e. The molecule has 1 heterocycles. The van der Waals surface area contributed by atoms with Crippen molar-refractivity contribution in [3.63, 3.8) is 0 Å². The van der Waals surface area contributed by atoms with E-state index in [4.69, 9.17) is 18.5 Å². The smallest absolute Gasteiger partial charge is 0.472 e. The average molecular weight is 949 g/mol. The number of aryl methyl sites for hydroxylation is 1. The first-order valence-electron chi connectivity index (χ1n) is 25.5. The summed E-state index contributed by atoms with van der Waals surface area (Å²) in [6.07, 6.45) is 32.9. The number of unbranched alkanes of at least 4 members (excludes halogenated alkanes) is 24. The van der Waals surface area contributed by atoms with E-state index in [2.05, 4.69) is 19.2 Å². The first kappa shape index (κ1) is 58.7. The highest BCUT2D eigenvalue weighted by atomic mass is 31.2. The molecule has 1 aliphatic rings. The van der Waals surface area contributed by atoms with E-state index in [1.54, 1.807) is 24.3 Å². The van der Waals surface area contributed by atoms with Crippen LogP contribution in [0, 0.1) is 0 Å². The van der Waals surface area contributed by atoms with Gasteiger partial charge in [-0.05, 0) is 43.4 Å². The third kappa shape index (κ3) is 29.4. The van der Waals surface area contributed by atoms with Gasteiger partial charge in [0.2, 0.25) is 0 Å². The van der Waals surface area contributed by atoms with E-state index in [0.29, 0.717) is 24.9 Å². The fourth-order valence-corrected chi connectivity index (χ4v) is 8.64. The summed E-state index contributed by atoms with van der Waals surface area (Å²) in [5, 5.41) is 12.6. The average Bonchev–Trinajstić information content (AvgIpc) is 3.64. The number of hydrogen-bond donors (Lipinski definition) is 3. The summed E-state index contributed by atoms with van der Waals surface area (Å²) in [4.78, 5) is 72.8. The van der Waals surface area contributed by atoms with Gasteiger partial charge < -0.3 is 24.8 Å². The third-order valence-corrected chi connectivity index (χ3v) is 12.9. The number of nitrogens with zero attached hydrogens (tertiary/aromatic N) is 1. The molecular weight excluding hydrogens is 864 g/mol. The van der Waals surface area contributed by atoms with Crippen LogP contribution >= 0.6 is 7.82 Å². The second-order valence-corrected chi connectivity index (χ2v) is 19.2. The molecule has 0 spiro atoms. The molecule has 3 N–H and O–H groups in total. The second kappa shape index (κ2) is 37.5. The fourth-order valence-electron chi connectivity index (χ4n) is 7.89. The predicted molar refractivity (Wildman–Crippen MR) is 259 cm³/mol. The lowest BCUT2D eigenvalue weighted by atomic mass is 10.0. The molecule has 0 saturated carbocycles. The summed E-state index contributed by atoms with van der Waals surface area (Å²) < 4.78 is 34.1. The van der Waals surface area contributed by atoms with Gasteiger partial charge in [0.05, 0.1) is 18.9 Å². The van der Waals surface area contributed by atoms with Crippen LogP contribution in [0.4, 0.5) is 5.69 Å². The molecule has 1 aromatic carbocycles. The number of hydrogen-bond acceptors (Lipinski definition) is 11. The van der Waals surface area contributed by atoms with Gasteiger partial charge in [0.1, 0.15) is 12.6 Å². The monoisotopic (exact) mass is 949 g/mol. The van der Waals surface area contributed by atoms with E-state index in [-0.39, 0.29) is 39.0 Å². The van der Waals surface area contributed by atoms with Gasteiger partial charge in [0.15, 0.2) is 6.10 Å². The zero-order valence-electron chi connectivity index (χ0n) is 40.5. The molecule has 2 amide bonds. The zero-order valence-corrected chi connectivity index (χ0v) is 41.4. The molecule has 0 aliphatic carbocycles. The number of nitrogens with one attached hydrogen (secondary N) is 1. The molecule has 0 bridgehead atoms. The van der Waals surface area contributed by atoms with Crippen molar-refractivity contribution in [1.82, 2.24) is 5.32 Å². The van der Waals surface area contributed by atoms with Crippen LogP contribution in [0.15, 0.2) is 36.4 Å². The second-order valence-electron chi connectivity index (χ2n) is 17.8. The van der Waals surface area contributed by atoms with Gasteiger partial charge in [-0.1, -0.05) is 180 Å². The maximum atomic E-state index is 12.8. The minimum Gasteiger partial charge on any atom is -0.480 e. The number of amides is 2. The molecule has 1 aromatic rings. The number of carbonyl (C=O) groups is 5. The quantitative estimate of drug-likeness (QED) is 0.0242. The number of esters is 2. The molecule has 0 saturated heterocycles. The molecule has 2 unspecified atom stereocenters. The van der Waals surface area contributed by atoms with Crippen molar-refractivity contribution in [2.24, 2.45) is 0 Å². The maximum absolute atomic E-state index is 12.8. The summed E-state index contributed by atoms with van der Waals surface area (Å²) >= 11 is 0. The Bertz CT molecular complexity index is 1550. The number of phosphoric ester groups is 1. The zero-order chi connectivity index (χ0) is 48.1. The number of carbonyl (C=O) groups excluding carboxylic acids is 4. The maximum Gasteiger partial charge on any atom is 0.472 e. The number of carboxylic acids is 1. The highest BCUT2D eigenvalue weighted by Gasteiger charge is 2.27. The number of anilines is 1. The molecule has 0 fully saturated rings. The number of phosphoric acid groups is 1. The van der Waals surface area contributed by atoms with Crippen molar-refractivity contribution in [2.45, 2.75) is 219 Å². The molecule has 376 valence electrons. The predicted octanol–water partition coefficient (Wildman–Crippen LogP) is 11.6. The van der Waals surface area contributed by atoms with Gasteiger partial charge in [0.25, 0.3) is 11.8 Å². The molecule has 2 rings (SSSR count). The van der Waals surface area contributed by atoms with Gasteiger partial charge in [-0.15, -0.1) is 0 Å². The number of imide groups is 1. The molecule has 66 heavy (non-hydrogen) atoms. The standard InChI is InChI=1S/C51H85N2O12P/c1-3-5-7-9-11-13-15-17-19-21-23-25-27-29-49(56)62-41-45(65-50(57)30-28-26-24-22-20-18-16-14-12-10-8-6-4-2)42-64-66(60,61)63-40-39-52-46(51(58)59)36-33-43-31-34-44(35-32-43)53-47(54)37-38-48(53)55/h31-32,34-35,37-38,45-46,52H,3-30,33,36,39-42H2,1-2H3,(H,58,59)(H,60,61)/t45-,46?/m1/s1. The number of rotatable bonds is 44. The molecule has 0 radical (unpaired) electrons. The lowest BCUT2D eigenvalue weighted by Gasteiger charge is -2.20. The number of benzene rings is 1. The topological polar surface area (TPSA) is 195 Å². The van der Waals surface area contributed by atoms with Gasteiger partial charge in [-0.3, -0.25) is 33.0 Å². The van der Waals surface area contributed by atoms with Crippen molar-refractivity contribution >= 4 is 43.2 Å². The minimum absolute atomic E-state index is 0.0929. The Kier molecular flexibility index (Phi) is 33.4. The number of ether oxygens (including phenoxy) is 2. The lowest BCUT2D eigenvalue weighted by Crippen LogP contribution is -2.38. The van der Waals surface area contributed by atoms with Crippen LogP contribution in [0.5, 0.6) is 0 Å². The summed E-state index contributed by atoms with van der Waals surface area (Å²) in [5.74, 6) is -2.94. The van der Waals surface area contributed by atoms with Gasteiger partial charge in [-0.25, -0.2) is 9.46 Å². The van der Waals surface area contributed by atoms with Crippen LogP contribution in [-0.2, 0) is 53.5 Å². The van der Waals surface area contributed by atoms with Crippen LogP contribution in [0.25, 0.3) is 0 Å². The fraction of sp³-hybridized carbons (Fsp3) is 0.745. The first-order chi connectivity index (χ1) is 32.0. The summed E-state index contributed by atoms with van der Waals surface area (Å²) in [6.45, 7) is 3.12. The Morgan fingerprint density at radius 1 is 0.621 bits per heavy atom. The minimum atomic E-state index is -4.68. The van der Waals surface area contributed by atoms with Crippen molar-refractivity contribution in [3.8, 4) is 0 Å². The molecular formula is C51H85N2O12P. The Labute approximate surface area is 396 Å². The molecule has 3 atom stereocenters. The lowest BCUT2D eigenvalue weighted by molar-refractivity contribution is -0.161. The van der Waals surface area contributed by atoms with E-state index >= 15 is 0 Å². The molecule has 15 heteroatoms. The summed E-state index contributed by atoms with van der Waals surface area (Å²) in [6, 6.07) is 5.64. The van der Waals surface area contributed by atoms with Crippen molar-refractivity contribution in [3.05, 3.63) is 42.0 Å². The molecule has 14 nitrogen and oxygen atoms in total. The Balaban J connectivity index is 1.75. The highest BCUT2D eigenvalue weighted by Crippen LogP contribution is 2.43. The van der Waals surface area contributed by atoms with Crippen molar-refractivity contribution < 1.29 is 57.1 Å². The SMILES string of the molecule is CCCCCCCCCCCCCCCC(=O)OC[C@H](COP(=O)(O)OCCNC(CCc1ccc(N2C(=O)C=CC2=O)cc1)C(=O)O)OC(=O)CCCCCCCCCCCCCCC. The summed E-state index contributed by atoms with van der Waals surface area (Å²) in [5.41, 5.74) is 1.20. The van der Waals surface area contributed by atoms with Crippen LogP contribution in [0.2, 0.25) is 0 Å². The summed E-state index contributed by atoms with van der Waals surface area (Å²) in [7, 11) is -4.68. The third-order valence-electron chi connectivity index (χ3n) is 11.9. The van der Waals surface area contributed by atoms with E-state index < -0.39 is 56.3 Å². The number of carboxylic acid groups (broad SMARTS) is 1. The normalized spacial score (nSPS) is 14.4. The highest BCUT2D eigenvalue weighted by molar-refractivity contribution is 7.47. The van der Waals surface area contributed by atoms with E-state index in [1.807, 2.05) is 0 Å². The van der Waals surface area contributed by atoms with E-state index in [9.17, 15) is 38.5 Å².